The van der Waals surface area contributed by atoms with E-state index in [1.54, 1.807) is 24.3 Å². The molecular weight excluding hydrogens is 248 g/mol. The quantitative estimate of drug-likeness (QED) is 0.896. The molecule has 98 valence electrons. The minimum Gasteiger partial charge on any atom is -0.324 e. The number of para-hydroxylation sites is 1. The van der Waals surface area contributed by atoms with Crippen LogP contribution in [0.15, 0.2) is 48.5 Å². The van der Waals surface area contributed by atoms with E-state index in [0.29, 0.717) is 6.42 Å². The van der Waals surface area contributed by atoms with Gasteiger partial charge in [0, 0.05) is 6.42 Å². The number of hydrogen-bond acceptors (Lipinski definition) is 1. The van der Waals surface area contributed by atoms with Gasteiger partial charge in [0.1, 0.15) is 11.6 Å². The molecule has 0 aliphatic rings. The minimum absolute atomic E-state index is 0.173. The molecule has 4 heteroatoms. The van der Waals surface area contributed by atoms with Crippen LogP contribution in [0.4, 0.5) is 14.5 Å². The highest BCUT2D eigenvalue weighted by Gasteiger charge is 2.06. The van der Waals surface area contributed by atoms with E-state index in [1.165, 1.54) is 24.3 Å². The Morgan fingerprint density at radius 3 is 2.37 bits per heavy atom. The number of aryl methyl sites for hydroxylation is 1. The van der Waals surface area contributed by atoms with Gasteiger partial charge in [-0.3, -0.25) is 4.79 Å². The molecular formula is C15H13F2NO. The second kappa shape index (κ2) is 6.09. The molecule has 0 unspecified atom stereocenters. The second-order valence-corrected chi connectivity index (χ2v) is 4.15. The summed E-state index contributed by atoms with van der Waals surface area (Å²) in [6, 6.07) is 12.0. The van der Waals surface area contributed by atoms with E-state index >= 15 is 0 Å². The predicted molar refractivity (Wildman–Crippen MR) is 69.8 cm³/mol. The summed E-state index contributed by atoms with van der Waals surface area (Å²) < 4.78 is 26.0. The highest BCUT2D eigenvalue weighted by atomic mass is 19.1. The monoisotopic (exact) mass is 261 g/mol. The number of carbonyl (C=O) groups excluding carboxylic acids is 1. The number of amides is 1. The maximum atomic E-state index is 13.3. The van der Waals surface area contributed by atoms with Gasteiger partial charge in [-0.25, -0.2) is 8.78 Å². The molecule has 2 aromatic rings. The molecule has 0 aliphatic heterocycles. The van der Waals surface area contributed by atoms with Crippen LogP contribution >= 0.6 is 0 Å². The van der Waals surface area contributed by atoms with Crippen LogP contribution in [0, 0.1) is 11.6 Å². The highest BCUT2D eigenvalue weighted by molar-refractivity contribution is 5.90. The Morgan fingerprint density at radius 2 is 1.68 bits per heavy atom. The Kier molecular flexibility index (Phi) is 4.23. The summed E-state index contributed by atoms with van der Waals surface area (Å²) in [5.41, 5.74) is 1.04. The predicted octanol–water partition coefficient (Wildman–Crippen LogP) is 3.54. The van der Waals surface area contributed by atoms with Crippen molar-refractivity contribution in [3.8, 4) is 0 Å². The van der Waals surface area contributed by atoms with Crippen LogP contribution in [0.2, 0.25) is 0 Å². The van der Waals surface area contributed by atoms with Gasteiger partial charge in [-0.05, 0) is 36.2 Å². The zero-order valence-corrected chi connectivity index (χ0v) is 10.2. The average Bonchev–Trinajstić information content (AvgIpc) is 2.41. The molecule has 0 bridgehead atoms. The first-order valence-corrected chi connectivity index (χ1v) is 5.94. The van der Waals surface area contributed by atoms with E-state index in [9.17, 15) is 13.6 Å². The molecule has 0 aliphatic carbocycles. The molecule has 0 saturated carbocycles. The van der Waals surface area contributed by atoms with Crippen molar-refractivity contribution < 1.29 is 13.6 Å². The first-order valence-electron chi connectivity index (χ1n) is 5.94. The first-order chi connectivity index (χ1) is 9.15. The third-order valence-corrected chi connectivity index (χ3v) is 2.70. The maximum absolute atomic E-state index is 13.3. The summed E-state index contributed by atoms with van der Waals surface area (Å²) in [5.74, 6) is -1.04. The molecule has 2 nitrogen and oxygen atoms in total. The van der Waals surface area contributed by atoms with Crippen molar-refractivity contribution in [3.05, 3.63) is 65.7 Å². The van der Waals surface area contributed by atoms with Gasteiger partial charge in [0.15, 0.2) is 0 Å². The van der Waals surface area contributed by atoms with Gasteiger partial charge >= 0.3 is 0 Å². The van der Waals surface area contributed by atoms with E-state index in [-0.39, 0.29) is 23.8 Å². The SMILES string of the molecule is O=C(CCc1ccc(F)cc1)Nc1ccccc1F. The van der Waals surface area contributed by atoms with E-state index in [1.807, 2.05) is 0 Å². The molecule has 0 fully saturated rings. The van der Waals surface area contributed by atoms with Gasteiger partial charge in [0.05, 0.1) is 5.69 Å². The Bertz CT molecular complexity index is 567. The molecule has 1 N–H and O–H groups in total. The van der Waals surface area contributed by atoms with Crippen molar-refractivity contribution in [2.75, 3.05) is 5.32 Å². The van der Waals surface area contributed by atoms with Crippen molar-refractivity contribution in [3.63, 3.8) is 0 Å². The molecule has 0 heterocycles. The number of halogens is 2. The fraction of sp³-hybridized carbons (Fsp3) is 0.133. The van der Waals surface area contributed by atoms with Gasteiger partial charge in [-0.1, -0.05) is 24.3 Å². The average molecular weight is 261 g/mol. The topological polar surface area (TPSA) is 29.1 Å². The number of hydrogen-bond donors (Lipinski definition) is 1. The Labute approximate surface area is 110 Å². The van der Waals surface area contributed by atoms with Crippen molar-refractivity contribution in [2.24, 2.45) is 0 Å². The van der Waals surface area contributed by atoms with Crippen molar-refractivity contribution in [1.82, 2.24) is 0 Å². The van der Waals surface area contributed by atoms with Gasteiger partial charge in [-0.15, -0.1) is 0 Å². The number of rotatable bonds is 4. The number of nitrogens with one attached hydrogen (secondary N) is 1. The lowest BCUT2D eigenvalue weighted by Gasteiger charge is -2.06. The Hall–Kier alpha value is -2.23. The lowest BCUT2D eigenvalue weighted by molar-refractivity contribution is -0.116. The summed E-state index contributed by atoms with van der Waals surface area (Å²) in [6.07, 6.45) is 0.709. The van der Waals surface area contributed by atoms with E-state index in [0.717, 1.165) is 5.56 Å². The van der Waals surface area contributed by atoms with Gasteiger partial charge in [-0.2, -0.15) is 0 Å². The summed E-state index contributed by atoms with van der Waals surface area (Å²) in [6.45, 7) is 0. The zero-order valence-electron chi connectivity index (χ0n) is 10.2. The van der Waals surface area contributed by atoms with Crippen molar-refractivity contribution in [2.45, 2.75) is 12.8 Å². The minimum atomic E-state index is -0.461. The molecule has 1 amide bonds. The summed E-state index contributed by atoms with van der Waals surface area (Å²) >= 11 is 0. The largest absolute Gasteiger partial charge is 0.324 e. The second-order valence-electron chi connectivity index (χ2n) is 4.15. The summed E-state index contributed by atoms with van der Waals surface area (Å²) in [4.78, 5) is 11.7. The fourth-order valence-electron chi connectivity index (χ4n) is 1.68. The van der Waals surface area contributed by atoms with Crippen LogP contribution in [0.25, 0.3) is 0 Å². The summed E-state index contributed by atoms with van der Waals surface area (Å²) in [5, 5.41) is 2.50. The lowest BCUT2D eigenvalue weighted by Crippen LogP contribution is -2.13. The molecule has 19 heavy (non-hydrogen) atoms. The third-order valence-electron chi connectivity index (χ3n) is 2.70. The van der Waals surface area contributed by atoms with E-state index in [4.69, 9.17) is 0 Å². The molecule has 0 aromatic heterocycles. The molecule has 2 rings (SSSR count). The summed E-state index contributed by atoms with van der Waals surface area (Å²) in [7, 11) is 0. The Balaban J connectivity index is 1.88. The van der Waals surface area contributed by atoms with Crippen molar-refractivity contribution >= 4 is 11.6 Å². The van der Waals surface area contributed by atoms with Gasteiger partial charge < -0.3 is 5.32 Å². The van der Waals surface area contributed by atoms with Crippen molar-refractivity contribution in [1.29, 1.82) is 0 Å². The number of benzene rings is 2. The molecule has 2 aromatic carbocycles. The molecule has 0 radical (unpaired) electrons. The van der Waals surface area contributed by atoms with Crippen LogP contribution in [0.1, 0.15) is 12.0 Å². The van der Waals surface area contributed by atoms with Crippen LogP contribution in [0.3, 0.4) is 0 Å². The van der Waals surface area contributed by atoms with Crippen LogP contribution in [-0.2, 0) is 11.2 Å². The van der Waals surface area contributed by atoms with Crippen LogP contribution in [-0.4, -0.2) is 5.91 Å². The zero-order chi connectivity index (χ0) is 13.7. The van der Waals surface area contributed by atoms with Crippen LogP contribution in [0.5, 0.6) is 0 Å². The normalized spacial score (nSPS) is 10.2. The number of anilines is 1. The van der Waals surface area contributed by atoms with Gasteiger partial charge in [0.2, 0.25) is 5.91 Å². The Morgan fingerprint density at radius 1 is 1.00 bits per heavy atom. The number of carbonyl (C=O) groups is 1. The smallest absolute Gasteiger partial charge is 0.224 e. The molecule has 0 saturated heterocycles. The van der Waals surface area contributed by atoms with E-state index < -0.39 is 5.82 Å². The molecule has 0 atom stereocenters. The first kappa shape index (κ1) is 13.2. The standard InChI is InChI=1S/C15H13F2NO/c16-12-8-5-11(6-9-12)7-10-15(19)18-14-4-2-1-3-13(14)17/h1-6,8-9H,7,10H2,(H,18,19). The highest BCUT2D eigenvalue weighted by Crippen LogP contribution is 2.13. The maximum Gasteiger partial charge on any atom is 0.224 e. The molecule has 0 spiro atoms. The van der Waals surface area contributed by atoms with Crippen LogP contribution < -0.4 is 5.32 Å². The van der Waals surface area contributed by atoms with Gasteiger partial charge in [0.25, 0.3) is 0 Å². The third kappa shape index (κ3) is 3.88. The fourth-order valence-corrected chi connectivity index (χ4v) is 1.68. The van der Waals surface area contributed by atoms with E-state index in [2.05, 4.69) is 5.32 Å². The lowest BCUT2D eigenvalue weighted by atomic mass is 10.1.